The van der Waals surface area contributed by atoms with Crippen molar-refractivity contribution in [2.75, 3.05) is 7.05 Å². The molecule has 0 heterocycles. The topological polar surface area (TPSA) is 58.4 Å². The molecule has 0 aromatic rings. The highest BCUT2D eigenvalue weighted by Gasteiger charge is 2.29. The summed E-state index contributed by atoms with van der Waals surface area (Å²) in [6, 6.07) is 0.450. The Morgan fingerprint density at radius 1 is 1.56 bits per heavy atom. The highest BCUT2D eigenvalue weighted by atomic mass is 16.2. The zero-order valence-electron chi connectivity index (χ0n) is 10.7. The number of nitrogens with zero attached hydrogens (tertiary/aromatic N) is 1. The summed E-state index contributed by atoms with van der Waals surface area (Å²) in [4.78, 5) is 13.8. The molecule has 4 nitrogen and oxygen atoms in total. The predicted molar refractivity (Wildman–Crippen MR) is 65.6 cm³/mol. The van der Waals surface area contributed by atoms with E-state index in [0.717, 1.165) is 12.3 Å². The Bertz CT molecular complexity index is 232. The van der Waals surface area contributed by atoms with Crippen LogP contribution >= 0.6 is 0 Å². The molecule has 1 saturated carbocycles. The van der Waals surface area contributed by atoms with Crippen molar-refractivity contribution in [1.29, 1.82) is 0 Å². The second-order valence-electron chi connectivity index (χ2n) is 5.02. The number of carbonyl (C=O) groups excluding carboxylic acids is 1. The van der Waals surface area contributed by atoms with Gasteiger partial charge in [-0.2, -0.15) is 0 Å². The molecule has 0 bridgehead atoms. The molecule has 0 saturated heterocycles. The summed E-state index contributed by atoms with van der Waals surface area (Å²) < 4.78 is 0. The van der Waals surface area contributed by atoms with E-state index in [4.69, 9.17) is 5.84 Å². The van der Waals surface area contributed by atoms with Crippen LogP contribution in [-0.4, -0.2) is 29.9 Å². The molecule has 94 valence electrons. The maximum absolute atomic E-state index is 11.6. The zero-order chi connectivity index (χ0) is 12.1. The van der Waals surface area contributed by atoms with Gasteiger partial charge in [0.05, 0.1) is 6.04 Å². The third-order valence-corrected chi connectivity index (χ3v) is 3.81. The van der Waals surface area contributed by atoms with Crippen LogP contribution < -0.4 is 11.3 Å². The largest absolute Gasteiger partial charge is 0.293 e. The Hall–Kier alpha value is -0.610. The number of rotatable bonds is 4. The predicted octanol–water partition coefficient (Wildman–Crippen LogP) is 1.27. The van der Waals surface area contributed by atoms with Crippen LogP contribution in [0.25, 0.3) is 0 Å². The van der Waals surface area contributed by atoms with Crippen molar-refractivity contribution >= 4 is 5.91 Å². The van der Waals surface area contributed by atoms with Gasteiger partial charge in [-0.25, -0.2) is 5.84 Å². The van der Waals surface area contributed by atoms with Crippen LogP contribution in [-0.2, 0) is 4.79 Å². The average molecular weight is 227 g/mol. The Labute approximate surface area is 98.5 Å². The molecule has 1 aliphatic carbocycles. The zero-order valence-corrected chi connectivity index (χ0v) is 10.7. The minimum Gasteiger partial charge on any atom is -0.293 e. The lowest BCUT2D eigenvalue weighted by Gasteiger charge is -2.37. The van der Waals surface area contributed by atoms with Gasteiger partial charge in [-0.05, 0) is 32.2 Å². The number of amides is 1. The first-order valence-electron chi connectivity index (χ1n) is 6.32. The summed E-state index contributed by atoms with van der Waals surface area (Å²) in [5, 5.41) is 0. The number of hydrazine groups is 1. The lowest BCUT2D eigenvalue weighted by atomic mass is 9.85. The molecule has 0 spiro atoms. The van der Waals surface area contributed by atoms with E-state index < -0.39 is 0 Å². The Morgan fingerprint density at radius 2 is 2.25 bits per heavy atom. The molecule has 1 aliphatic rings. The molecule has 0 aromatic carbocycles. The fraction of sp³-hybridized carbons (Fsp3) is 0.917. The van der Waals surface area contributed by atoms with Gasteiger partial charge in [-0.15, -0.1) is 0 Å². The monoisotopic (exact) mass is 227 g/mol. The van der Waals surface area contributed by atoms with Crippen molar-refractivity contribution in [3.8, 4) is 0 Å². The van der Waals surface area contributed by atoms with Crippen molar-refractivity contribution in [2.45, 2.75) is 58.0 Å². The van der Waals surface area contributed by atoms with E-state index in [9.17, 15) is 4.79 Å². The van der Waals surface area contributed by atoms with Crippen LogP contribution in [0.4, 0.5) is 0 Å². The van der Waals surface area contributed by atoms with E-state index >= 15 is 0 Å². The van der Waals surface area contributed by atoms with Gasteiger partial charge >= 0.3 is 0 Å². The molecule has 16 heavy (non-hydrogen) atoms. The van der Waals surface area contributed by atoms with E-state index in [-0.39, 0.29) is 11.9 Å². The Balaban J connectivity index is 2.59. The summed E-state index contributed by atoms with van der Waals surface area (Å²) in [6.45, 7) is 4.33. The minimum absolute atomic E-state index is 0.0665. The third kappa shape index (κ3) is 3.19. The van der Waals surface area contributed by atoms with Crippen LogP contribution in [0.3, 0.4) is 0 Å². The Kier molecular flexibility index (Phi) is 5.22. The average Bonchev–Trinajstić information content (AvgIpc) is 2.29. The van der Waals surface area contributed by atoms with Gasteiger partial charge in [-0.3, -0.25) is 15.1 Å². The van der Waals surface area contributed by atoms with Gasteiger partial charge in [0.25, 0.3) is 5.91 Å². The molecule has 3 unspecified atom stereocenters. The molecule has 0 aromatic heterocycles. The van der Waals surface area contributed by atoms with Gasteiger partial charge in [0.2, 0.25) is 0 Å². The first-order chi connectivity index (χ1) is 7.60. The summed E-state index contributed by atoms with van der Waals surface area (Å²) in [5.41, 5.74) is 2.27. The van der Waals surface area contributed by atoms with Crippen molar-refractivity contribution < 1.29 is 4.79 Å². The summed E-state index contributed by atoms with van der Waals surface area (Å²) in [7, 11) is 2.05. The van der Waals surface area contributed by atoms with Crippen LogP contribution in [0.1, 0.15) is 46.0 Å². The molecule has 0 radical (unpaired) electrons. The molecular weight excluding hydrogens is 202 g/mol. The first kappa shape index (κ1) is 13.5. The maximum atomic E-state index is 11.6. The first-order valence-corrected chi connectivity index (χ1v) is 6.32. The van der Waals surface area contributed by atoms with Crippen molar-refractivity contribution in [3.63, 3.8) is 0 Å². The summed E-state index contributed by atoms with van der Waals surface area (Å²) in [6.07, 6.45) is 5.81. The van der Waals surface area contributed by atoms with E-state index in [0.29, 0.717) is 6.04 Å². The van der Waals surface area contributed by atoms with Gasteiger partial charge in [0, 0.05) is 6.04 Å². The molecule has 0 aliphatic heterocycles. The lowest BCUT2D eigenvalue weighted by Crippen LogP contribution is -2.51. The van der Waals surface area contributed by atoms with Crippen LogP contribution in [0.2, 0.25) is 0 Å². The van der Waals surface area contributed by atoms with Gasteiger partial charge in [0.1, 0.15) is 0 Å². The molecule has 1 fully saturated rings. The highest BCUT2D eigenvalue weighted by molar-refractivity contribution is 5.81. The molecule has 3 N–H and O–H groups in total. The fourth-order valence-corrected chi connectivity index (χ4v) is 2.78. The van der Waals surface area contributed by atoms with E-state index in [2.05, 4.69) is 17.2 Å². The normalized spacial score (nSPS) is 27.8. The second-order valence-corrected chi connectivity index (χ2v) is 5.02. The van der Waals surface area contributed by atoms with Gasteiger partial charge in [-0.1, -0.05) is 26.7 Å². The number of nitrogens with one attached hydrogen (secondary N) is 1. The fourth-order valence-electron chi connectivity index (χ4n) is 2.78. The summed E-state index contributed by atoms with van der Waals surface area (Å²) in [5.74, 6) is 5.93. The van der Waals surface area contributed by atoms with E-state index in [1.54, 1.807) is 0 Å². The highest BCUT2D eigenvalue weighted by Crippen LogP contribution is 2.28. The number of hydrogen-bond donors (Lipinski definition) is 2. The van der Waals surface area contributed by atoms with Crippen LogP contribution in [0.5, 0.6) is 0 Å². The Morgan fingerprint density at radius 3 is 2.75 bits per heavy atom. The van der Waals surface area contributed by atoms with Crippen LogP contribution in [0, 0.1) is 5.92 Å². The smallest absolute Gasteiger partial charge is 0.251 e. The standard InChI is InChI=1S/C12H25N3O/c1-4-11(12(16)14-13)15(3)10-7-5-6-9(2)8-10/h9-11H,4-8,13H2,1-3H3,(H,14,16). The second kappa shape index (κ2) is 6.21. The van der Waals surface area contributed by atoms with Crippen molar-refractivity contribution in [1.82, 2.24) is 10.3 Å². The van der Waals surface area contributed by atoms with Crippen molar-refractivity contribution in [2.24, 2.45) is 11.8 Å². The molecule has 3 atom stereocenters. The SMILES string of the molecule is CCC(C(=O)NN)N(C)C1CCCC(C)C1. The minimum atomic E-state index is -0.0831. The number of nitrogens with two attached hydrogens (primary N) is 1. The maximum Gasteiger partial charge on any atom is 0.251 e. The molecule has 1 rings (SSSR count). The van der Waals surface area contributed by atoms with Gasteiger partial charge < -0.3 is 0 Å². The quantitative estimate of drug-likeness (QED) is 0.432. The number of likely N-dealkylation sites (N-methyl/N-ethyl adjacent to an activating group) is 1. The molecule has 1 amide bonds. The van der Waals surface area contributed by atoms with Crippen LogP contribution in [0.15, 0.2) is 0 Å². The molecule has 4 heteroatoms. The molecular formula is C12H25N3O. The third-order valence-electron chi connectivity index (χ3n) is 3.81. The number of hydrogen-bond acceptors (Lipinski definition) is 3. The van der Waals surface area contributed by atoms with Crippen molar-refractivity contribution in [3.05, 3.63) is 0 Å². The van der Waals surface area contributed by atoms with Gasteiger partial charge in [0.15, 0.2) is 0 Å². The lowest BCUT2D eigenvalue weighted by molar-refractivity contribution is -0.127. The van der Waals surface area contributed by atoms with E-state index in [1.807, 2.05) is 14.0 Å². The summed E-state index contributed by atoms with van der Waals surface area (Å²) >= 11 is 0. The van der Waals surface area contributed by atoms with E-state index in [1.165, 1.54) is 25.7 Å². The number of carbonyl (C=O) groups is 1.